The van der Waals surface area contributed by atoms with Crippen LogP contribution in [0.1, 0.15) is 44.2 Å². The summed E-state index contributed by atoms with van der Waals surface area (Å²) in [4.78, 5) is 13.3. The number of nitrogens with one attached hydrogen (secondary N) is 1. The summed E-state index contributed by atoms with van der Waals surface area (Å²) in [6.07, 6.45) is 3.41. The summed E-state index contributed by atoms with van der Waals surface area (Å²) >= 11 is 5.17. The minimum Gasteiger partial charge on any atom is -0.353 e. The quantitative estimate of drug-likeness (QED) is 0.768. The lowest BCUT2D eigenvalue weighted by Crippen LogP contribution is -2.34. The molecule has 0 aromatic heterocycles. The highest BCUT2D eigenvalue weighted by Crippen LogP contribution is 2.37. The lowest BCUT2D eigenvalue weighted by Gasteiger charge is -2.18. The SMILES string of the molecule is Cc1cc(SCC(=O)NC2CCC(C)(C)C2)c(C)cc1Br. The fourth-order valence-corrected chi connectivity index (χ4v) is 4.26. The Morgan fingerprint density at radius 1 is 1.38 bits per heavy atom. The first-order chi connectivity index (χ1) is 9.77. The van der Waals surface area contributed by atoms with Crippen molar-refractivity contribution in [2.45, 2.75) is 57.9 Å². The van der Waals surface area contributed by atoms with Gasteiger partial charge >= 0.3 is 0 Å². The van der Waals surface area contributed by atoms with Gasteiger partial charge in [-0.05, 0) is 61.8 Å². The molecule has 1 fully saturated rings. The Morgan fingerprint density at radius 3 is 2.71 bits per heavy atom. The fourth-order valence-electron chi connectivity index (χ4n) is 2.88. The fraction of sp³-hybridized carbons (Fsp3) is 0.588. The topological polar surface area (TPSA) is 29.1 Å². The number of benzene rings is 1. The van der Waals surface area contributed by atoms with Crippen molar-refractivity contribution in [2.24, 2.45) is 5.41 Å². The summed E-state index contributed by atoms with van der Waals surface area (Å²) in [5.41, 5.74) is 2.80. The van der Waals surface area contributed by atoms with Crippen LogP contribution in [0.5, 0.6) is 0 Å². The van der Waals surface area contributed by atoms with Crippen LogP contribution >= 0.6 is 27.7 Å². The van der Waals surface area contributed by atoms with E-state index < -0.39 is 0 Å². The lowest BCUT2D eigenvalue weighted by molar-refractivity contribution is -0.119. The summed E-state index contributed by atoms with van der Waals surface area (Å²) in [6, 6.07) is 4.63. The predicted octanol–water partition coefficient (Wildman–Crippen LogP) is 4.85. The zero-order valence-electron chi connectivity index (χ0n) is 13.3. The van der Waals surface area contributed by atoms with E-state index in [9.17, 15) is 4.79 Å². The number of carbonyl (C=O) groups is 1. The molecule has 1 unspecified atom stereocenters. The van der Waals surface area contributed by atoms with Crippen LogP contribution in [-0.4, -0.2) is 17.7 Å². The summed E-state index contributed by atoms with van der Waals surface area (Å²) in [5.74, 6) is 0.654. The first-order valence-corrected chi connectivity index (χ1v) is 9.24. The molecule has 2 rings (SSSR count). The smallest absolute Gasteiger partial charge is 0.230 e. The third-order valence-electron chi connectivity index (χ3n) is 4.15. The molecule has 116 valence electrons. The summed E-state index contributed by atoms with van der Waals surface area (Å²) in [7, 11) is 0. The standard InChI is InChI=1S/C17H24BrNOS/c1-11-8-15(12(2)7-14(11)18)21-10-16(20)19-13-5-6-17(3,4)9-13/h7-8,13H,5-6,9-10H2,1-4H3,(H,19,20). The number of carbonyl (C=O) groups excluding carboxylic acids is 1. The molecule has 1 aliphatic carbocycles. The van der Waals surface area contributed by atoms with Gasteiger partial charge in [-0.1, -0.05) is 29.8 Å². The maximum absolute atomic E-state index is 12.1. The number of thioether (sulfide) groups is 1. The Morgan fingerprint density at radius 2 is 2.10 bits per heavy atom. The third kappa shape index (κ3) is 4.75. The summed E-state index contributed by atoms with van der Waals surface area (Å²) in [6.45, 7) is 8.72. The maximum atomic E-state index is 12.1. The van der Waals surface area contributed by atoms with Crippen LogP contribution in [0.15, 0.2) is 21.5 Å². The zero-order chi connectivity index (χ0) is 15.6. The minimum absolute atomic E-state index is 0.155. The van der Waals surface area contributed by atoms with Crippen molar-refractivity contribution in [3.8, 4) is 0 Å². The molecule has 1 aliphatic rings. The van der Waals surface area contributed by atoms with Gasteiger partial charge in [0.2, 0.25) is 5.91 Å². The average Bonchev–Trinajstić information content (AvgIpc) is 2.71. The van der Waals surface area contributed by atoms with Crippen molar-refractivity contribution in [3.05, 3.63) is 27.7 Å². The molecule has 1 aromatic rings. The van der Waals surface area contributed by atoms with Crippen LogP contribution in [0.25, 0.3) is 0 Å². The molecule has 1 aromatic carbocycles. The van der Waals surface area contributed by atoms with Crippen LogP contribution < -0.4 is 5.32 Å². The molecular weight excluding hydrogens is 346 g/mol. The molecule has 0 bridgehead atoms. The zero-order valence-corrected chi connectivity index (χ0v) is 15.7. The van der Waals surface area contributed by atoms with Crippen molar-refractivity contribution >= 4 is 33.6 Å². The van der Waals surface area contributed by atoms with Crippen molar-refractivity contribution < 1.29 is 4.79 Å². The molecule has 1 N–H and O–H groups in total. The minimum atomic E-state index is 0.155. The molecule has 2 nitrogen and oxygen atoms in total. The van der Waals surface area contributed by atoms with E-state index in [1.807, 2.05) is 0 Å². The normalized spacial score (nSPS) is 20.5. The second-order valence-corrected chi connectivity index (χ2v) is 8.70. The maximum Gasteiger partial charge on any atom is 0.230 e. The molecule has 0 spiro atoms. The van der Waals surface area contributed by atoms with E-state index in [1.54, 1.807) is 11.8 Å². The Bertz CT molecular complexity index is 542. The number of aryl methyl sites for hydroxylation is 2. The van der Waals surface area contributed by atoms with Gasteiger partial charge in [-0.2, -0.15) is 0 Å². The molecule has 21 heavy (non-hydrogen) atoms. The molecule has 1 amide bonds. The van der Waals surface area contributed by atoms with Crippen molar-refractivity contribution in [3.63, 3.8) is 0 Å². The Balaban J connectivity index is 1.86. The van der Waals surface area contributed by atoms with Gasteiger partial charge in [-0.3, -0.25) is 4.79 Å². The first kappa shape index (κ1) is 16.9. The van der Waals surface area contributed by atoms with Crippen LogP contribution in [0.2, 0.25) is 0 Å². The van der Waals surface area contributed by atoms with Gasteiger partial charge in [0.05, 0.1) is 5.75 Å². The Hall–Kier alpha value is -0.480. The molecule has 0 saturated heterocycles. The first-order valence-electron chi connectivity index (χ1n) is 7.46. The summed E-state index contributed by atoms with van der Waals surface area (Å²) in [5, 5.41) is 3.18. The Labute approximate surface area is 140 Å². The van der Waals surface area contributed by atoms with E-state index >= 15 is 0 Å². The highest BCUT2D eigenvalue weighted by atomic mass is 79.9. The largest absolute Gasteiger partial charge is 0.353 e. The van der Waals surface area contributed by atoms with Gasteiger partial charge in [-0.25, -0.2) is 0 Å². The molecule has 1 saturated carbocycles. The van der Waals surface area contributed by atoms with Gasteiger partial charge in [-0.15, -0.1) is 11.8 Å². The van der Waals surface area contributed by atoms with E-state index in [4.69, 9.17) is 0 Å². The van der Waals surface area contributed by atoms with Crippen molar-refractivity contribution in [1.29, 1.82) is 0 Å². The highest BCUT2D eigenvalue weighted by molar-refractivity contribution is 9.10. The molecule has 1 atom stereocenters. The lowest BCUT2D eigenvalue weighted by atomic mass is 9.92. The van der Waals surface area contributed by atoms with Crippen LogP contribution in [0.4, 0.5) is 0 Å². The molecule has 0 radical (unpaired) electrons. The van der Waals surface area contributed by atoms with E-state index in [0.717, 1.165) is 17.3 Å². The highest BCUT2D eigenvalue weighted by Gasteiger charge is 2.31. The van der Waals surface area contributed by atoms with Gasteiger partial charge in [0.15, 0.2) is 0 Å². The molecular formula is C17H24BrNOS. The van der Waals surface area contributed by atoms with Crippen molar-refractivity contribution in [2.75, 3.05) is 5.75 Å². The van der Waals surface area contributed by atoms with Gasteiger partial charge < -0.3 is 5.32 Å². The Kier molecular flexibility index (Phi) is 5.42. The summed E-state index contributed by atoms with van der Waals surface area (Å²) < 4.78 is 1.13. The molecule has 0 heterocycles. The third-order valence-corrected chi connectivity index (χ3v) is 6.16. The van der Waals surface area contributed by atoms with Crippen molar-refractivity contribution in [1.82, 2.24) is 5.32 Å². The molecule has 4 heteroatoms. The number of amides is 1. The van der Waals surface area contributed by atoms with Gasteiger partial charge in [0, 0.05) is 15.4 Å². The molecule has 0 aliphatic heterocycles. The van der Waals surface area contributed by atoms with Crippen LogP contribution in [-0.2, 0) is 4.79 Å². The number of halogens is 1. The number of hydrogen-bond acceptors (Lipinski definition) is 2. The van der Waals surface area contributed by atoms with Crippen LogP contribution in [0.3, 0.4) is 0 Å². The predicted molar refractivity (Wildman–Crippen MR) is 93.9 cm³/mol. The van der Waals surface area contributed by atoms with E-state index in [0.29, 0.717) is 17.2 Å². The van der Waals surface area contributed by atoms with E-state index in [1.165, 1.54) is 22.4 Å². The van der Waals surface area contributed by atoms with E-state index in [-0.39, 0.29) is 5.91 Å². The monoisotopic (exact) mass is 369 g/mol. The second kappa shape index (κ2) is 6.74. The number of rotatable bonds is 4. The van der Waals surface area contributed by atoms with Gasteiger partial charge in [0.1, 0.15) is 0 Å². The average molecular weight is 370 g/mol. The number of hydrogen-bond donors (Lipinski definition) is 1. The second-order valence-electron chi connectivity index (χ2n) is 6.83. The van der Waals surface area contributed by atoms with Gasteiger partial charge in [0.25, 0.3) is 0 Å². The van der Waals surface area contributed by atoms with E-state index in [2.05, 4.69) is 61.1 Å². The van der Waals surface area contributed by atoms with Crippen LogP contribution in [0, 0.1) is 19.3 Å².